The maximum Gasteiger partial charge on any atom is 0.355 e. The van der Waals surface area contributed by atoms with Gasteiger partial charge in [-0.1, -0.05) is 80.0 Å². The third-order valence-corrected chi connectivity index (χ3v) is 9.67. The Hall–Kier alpha value is -3.87. The first-order valence-electron chi connectivity index (χ1n) is 13.2. The molecule has 3 aliphatic rings. The second-order valence-electron chi connectivity index (χ2n) is 11.4. The molecule has 0 N–H and O–H groups in total. The minimum absolute atomic E-state index is 0.0778. The summed E-state index contributed by atoms with van der Waals surface area (Å²) in [5.74, 6) is -1.08. The van der Waals surface area contributed by atoms with E-state index in [0.29, 0.717) is 45.3 Å². The number of carbonyl (C=O) groups excluding carboxylic acids is 3. The van der Waals surface area contributed by atoms with E-state index in [2.05, 4.69) is 13.8 Å². The zero-order valence-corrected chi connectivity index (χ0v) is 23.4. The normalized spacial score (nSPS) is 21.1. The van der Waals surface area contributed by atoms with Crippen molar-refractivity contribution >= 4 is 62.0 Å². The Kier molecular flexibility index (Phi) is 5.70. The van der Waals surface area contributed by atoms with E-state index < -0.39 is 17.8 Å². The van der Waals surface area contributed by atoms with Crippen LogP contribution < -0.4 is 4.74 Å². The number of halogens is 1. The molecule has 7 heteroatoms. The van der Waals surface area contributed by atoms with E-state index in [1.165, 1.54) is 11.3 Å². The molecule has 1 aromatic heterocycles. The van der Waals surface area contributed by atoms with E-state index in [1.807, 2.05) is 60.7 Å². The Morgan fingerprint density at radius 3 is 2.38 bits per heavy atom. The van der Waals surface area contributed by atoms with E-state index in [9.17, 15) is 14.4 Å². The van der Waals surface area contributed by atoms with Gasteiger partial charge in [0, 0.05) is 44.8 Å². The summed E-state index contributed by atoms with van der Waals surface area (Å²) in [5, 5.41) is 1.20. The largest absolute Gasteiger partial charge is 0.422 e. The smallest absolute Gasteiger partial charge is 0.355 e. The molecule has 2 atom stereocenters. The van der Waals surface area contributed by atoms with E-state index in [1.54, 1.807) is 12.1 Å². The molecule has 1 unspecified atom stereocenters. The summed E-state index contributed by atoms with van der Waals surface area (Å²) in [6, 6.07) is 22.2. The van der Waals surface area contributed by atoms with Gasteiger partial charge in [-0.05, 0) is 35.6 Å². The maximum absolute atomic E-state index is 13.7. The van der Waals surface area contributed by atoms with Crippen molar-refractivity contribution in [3.05, 3.63) is 105 Å². The first-order valence-corrected chi connectivity index (χ1v) is 14.4. The highest BCUT2D eigenvalue weighted by atomic mass is 35.5. The molecule has 0 amide bonds. The molecule has 1 aliphatic heterocycles. The molecule has 3 aromatic carbocycles. The van der Waals surface area contributed by atoms with Gasteiger partial charge in [-0.25, -0.2) is 4.79 Å². The third kappa shape index (κ3) is 3.89. The molecule has 1 fully saturated rings. The maximum atomic E-state index is 13.7. The average Bonchev–Trinajstić information content (AvgIpc) is 3.42. The quantitative estimate of drug-likeness (QED) is 0.187. The van der Waals surface area contributed by atoms with Crippen LogP contribution >= 0.6 is 22.9 Å². The number of rotatable bonds is 3. The van der Waals surface area contributed by atoms with Crippen LogP contribution in [0.15, 0.2) is 83.4 Å². The second kappa shape index (κ2) is 9.08. The number of thiophene rings is 1. The lowest BCUT2D eigenvalue weighted by Gasteiger charge is -2.40. The number of allylic oxidation sites excluding steroid dienone is 1. The fourth-order valence-corrected chi connectivity index (χ4v) is 7.71. The molecule has 7 rings (SSSR count). The summed E-state index contributed by atoms with van der Waals surface area (Å²) >= 11 is 7.77. The molecule has 0 bridgehead atoms. The van der Waals surface area contributed by atoms with Crippen molar-refractivity contribution in [1.82, 2.24) is 0 Å². The van der Waals surface area contributed by atoms with E-state index in [-0.39, 0.29) is 17.0 Å². The van der Waals surface area contributed by atoms with Crippen LogP contribution in [-0.4, -0.2) is 23.2 Å². The van der Waals surface area contributed by atoms with Gasteiger partial charge in [0.2, 0.25) is 0 Å². The number of aliphatic imine (C=N–C) groups is 1. The van der Waals surface area contributed by atoms with Crippen molar-refractivity contribution < 1.29 is 19.1 Å². The number of benzene rings is 3. The van der Waals surface area contributed by atoms with E-state index in [0.717, 1.165) is 26.9 Å². The zero-order chi connectivity index (χ0) is 27.8. The van der Waals surface area contributed by atoms with Crippen molar-refractivity contribution in [2.45, 2.75) is 32.6 Å². The summed E-state index contributed by atoms with van der Waals surface area (Å²) in [6.45, 7) is 4.17. The molecule has 0 radical (unpaired) electrons. The van der Waals surface area contributed by atoms with Crippen molar-refractivity contribution in [3.8, 4) is 5.75 Å². The highest BCUT2D eigenvalue weighted by molar-refractivity contribution is 7.21. The van der Waals surface area contributed by atoms with E-state index >= 15 is 0 Å². The number of fused-ring (bicyclic) bond motifs is 4. The van der Waals surface area contributed by atoms with Gasteiger partial charge < -0.3 is 4.74 Å². The molecular weight excluding hydrogens is 542 g/mol. The van der Waals surface area contributed by atoms with Gasteiger partial charge >= 0.3 is 5.97 Å². The molecule has 0 spiro atoms. The van der Waals surface area contributed by atoms with Crippen LogP contribution in [0.3, 0.4) is 0 Å². The lowest BCUT2D eigenvalue weighted by atomic mass is 9.63. The van der Waals surface area contributed by atoms with Gasteiger partial charge in [-0.15, -0.1) is 11.3 Å². The molecule has 198 valence electrons. The highest BCUT2D eigenvalue weighted by Crippen LogP contribution is 2.52. The van der Waals surface area contributed by atoms with Crippen molar-refractivity contribution in [2.24, 2.45) is 16.3 Å². The van der Waals surface area contributed by atoms with Crippen LogP contribution in [0.4, 0.5) is 0 Å². The van der Waals surface area contributed by atoms with Gasteiger partial charge in [-0.3, -0.25) is 14.6 Å². The molecule has 2 aliphatic carbocycles. The SMILES string of the molecule is CC1(C)CC(=O)C2C(=NC3=C(C(=O)c4ccccc43)[C@@H]2c2ccc(OC(=O)c3sc4ccccc4c3Cl)cc2)C1. The average molecular weight is 566 g/mol. The number of carbonyl (C=O) groups is 3. The summed E-state index contributed by atoms with van der Waals surface area (Å²) in [5.41, 5.74) is 4.16. The predicted molar refractivity (Wildman–Crippen MR) is 158 cm³/mol. The van der Waals surface area contributed by atoms with Gasteiger partial charge in [0.05, 0.1) is 16.6 Å². The Morgan fingerprint density at radius 1 is 0.925 bits per heavy atom. The van der Waals surface area contributed by atoms with Crippen LogP contribution in [0.2, 0.25) is 5.02 Å². The standard InChI is InChI=1S/C33H24ClNO4S/c1-33(2)15-22-26(23(36)16-33)25(27-29(35-22)19-7-3-4-8-20(19)30(27)37)17-11-13-18(14-12-17)39-32(38)31-28(34)21-9-5-6-10-24(21)40-31/h3-14,25-26H,15-16H2,1-2H3/t25-,26?/m1/s1. The molecule has 40 heavy (non-hydrogen) atoms. The molecule has 4 aromatic rings. The minimum atomic E-state index is -0.526. The van der Waals surface area contributed by atoms with Crippen LogP contribution in [0.25, 0.3) is 15.8 Å². The van der Waals surface area contributed by atoms with Crippen molar-refractivity contribution in [1.29, 1.82) is 0 Å². The highest BCUT2D eigenvalue weighted by Gasteiger charge is 2.50. The third-order valence-electron chi connectivity index (χ3n) is 8.01. The number of hydrogen-bond acceptors (Lipinski definition) is 6. The number of Topliss-reactive ketones (excluding diaryl/α,β-unsaturated/α-hetero) is 2. The van der Waals surface area contributed by atoms with Crippen LogP contribution in [-0.2, 0) is 4.79 Å². The van der Waals surface area contributed by atoms with Gasteiger partial charge in [-0.2, -0.15) is 0 Å². The zero-order valence-electron chi connectivity index (χ0n) is 21.9. The predicted octanol–water partition coefficient (Wildman–Crippen LogP) is 7.93. The fourth-order valence-electron chi connectivity index (χ4n) is 6.32. The van der Waals surface area contributed by atoms with E-state index in [4.69, 9.17) is 21.3 Å². The number of ether oxygens (including phenoxy) is 1. The number of esters is 1. The first kappa shape index (κ1) is 25.1. The van der Waals surface area contributed by atoms with Gasteiger partial charge in [0.25, 0.3) is 0 Å². The van der Waals surface area contributed by atoms with Gasteiger partial charge in [0.15, 0.2) is 5.78 Å². The fraction of sp³-hybridized carbons (Fsp3) is 0.212. The van der Waals surface area contributed by atoms with Crippen LogP contribution in [0.5, 0.6) is 5.75 Å². The summed E-state index contributed by atoms with van der Waals surface area (Å²) in [4.78, 5) is 45.6. The first-order chi connectivity index (χ1) is 19.2. The lowest BCUT2D eigenvalue weighted by Crippen LogP contribution is -2.43. The minimum Gasteiger partial charge on any atom is -0.422 e. The monoisotopic (exact) mass is 565 g/mol. The summed E-state index contributed by atoms with van der Waals surface area (Å²) < 4.78 is 6.60. The molecule has 2 heterocycles. The Morgan fingerprint density at radius 2 is 1.62 bits per heavy atom. The Bertz CT molecular complexity index is 1830. The number of ketones is 2. The second-order valence-corrected chi connectivity index (χ2v) is 12.8. The van der Waals surface area contributed by atoms with Crippen LogP contribution in [0.1, 0.15) is 63.8 Å². The van der Waals surface area contributed by atoms with Crippen molar-refractivity contribution in [2.75, 3.05) is 0 Å². The van der Waals surface area contributed by atoms with Crippen molar-refractivity contribution in [3.63, 3.8) is 0 Å². The molecule has 1 saturated carbocycles. The lowest BCUT2D eigenvalue weighted by molar-refractivity contribution is -0.124. The summed E-state index contributed by atoms with van der Waals surface area (Å²) in [7, 11) is 0. The van der Waals surface area contributed by atoms with Gasteiger partial charge in [0.1, 0.15) is 16.4 Å². The molecular formula is C33H24ClNO4S. The number of hydrogen-bond donors (Lipinski definition) is 0. The molecule has 5 nitrogen and oxygen atoms in total. The molecule has 0 saturated heterocycles. The number of nitrogens with zero attached hydrogens (tertiary/aromatic N) is 1. The Labute approximate surface area is 240 Å². The Balaban J connectivity index is 1.25. The van der Waals surface area contributed by atoms with Crippen LogP contribution in [0, 0.1) is 11.3 Å². The summed E-state index contributed by atoms with van der Waals surface area (Å²) in [6.07, 6.45) is 1.13. The topological polar surface area (TPSA) is 72.8 Å².